The van der Waals surface area contributed by atoms with Crippen LogP contribution in [0.1, 0.15) is 70.0 Å². The number of carboxylic acids is 1. The van der Waals surface area contributed by atoms with E-state index >= 15 is 0 Å². The van der Waals surface area contributed by atoms with Crippen LogP contribution in [0.2, 0.25) is 0 Å². The van der Waals surface area contributed by atoms with Crippen molar-refractivity contribution in [1.82, 2.24) is 19.9 Å². The van der Waals surface area contributed by atoms with E-state index in [0.717, 1.165) is 6.33 Å². The number of aromatic nitrogens is 3. The van der Waals surface area contributed by atoms with Crippen LogP contribution in [0, 0.1) is 27.9 Å². The predicted octanol–water partition coefficient (Wildman–Crippen LogP) is 5.89. The van der Waals surface area contributed by atoms with Crippen LogP contribution in [-0.4, -0.2) is 91.6 Å². The quantitative estimate of drug-likeness (QED) is 0.0159. The average Bonchev–Trinajstić information content (AvgIpc) is 3.93. The van der Waals surface area contributed by atoms with Crippen molar-refractivity contribution in [3.63, 3.8) is 0 Å². The highest BCUT2D eigenvalue weighted by molar-refractivity contribution is 7.66. The Labute approximate surface area is 427 Å². The molecule has 0 spiro atoms. The average molecular weight is 1110 g/mol. The third-order valence-electron chi connectivity index (χ3n) is 11.6. The zero-order valence-electron chi connectivity index (χ0n) is 39.4. The van der Waals surface area contributed by atoms with Crippen molar-refractivity contribution in [3.05, 3.63) is 133 Å². The Bertz CT molecular complexity index is 3700. The number of aromatic hydroxyl groups is 1. The molecule has 1 saturated heterocycles. The lowest BCUT2D eigenvalue weighted by Gasteiger charge is -2.22. The number of anilines is 1. The van der Waals surface area contributed by atoms with Crippen molar-refractivity contribution in [2.24, 2.45) is 5.92 Å². The van der Waals surface area contributed by atoms with E-state index in [1.807, 2.05) is 0 Å². The number of nitrogens with zero attached hydrogens (tertiary/aromatic N) is 4. The number of hydrogen-bond acceptors (Lipinski definition) is 19. The fourth-order valence-electron chi connectivity index (χ4n) is 8.46. The summed E-state index contributed by atoms with van der Waals surface area (Å²) in [6.07, 6.45) is -2.23. The molecule has 5 aromatic rings. The normalized spacial score (nSPS) is 17.8. The number of aromatic carboxylic acids is 1. The summed E-state index contributed by atoms with van der Waals surface area (Å²) in [5.74, 6) is 3.26. The summed E-state index contributed by atoms with van der Waals surface area (Å²) in [5.41, 5.74) is 7.42. The Kier molecular flexibility index (Phi) is 15.8. The lowest BCUT2D eigenvalue weighted by Crippen LogP contribution is -2.26. The highest BCUT2D eigenvalue weighted by Gasteiger charge is 2.43. The number of rotatable bonds is 18. The first-order chi connectivity index (χ1) is 35.8. The molecule has 10 N–H and O–H groups in total. The summed E-state index contributed by atoms with van der Waals surface area (Å²) < 4.78 is 66.7. The topological polar surface area (TPSA) is 415 Å². The number of phosphoric acid groups is 3. The van der Waals surface area contributed by atoms with Gasteiger partial charge in [0, 0.05) is 64.0 Å². The van der Waals surface area contributed by atoms with E-state index < -0.39 is 71.4 Å². The van der Waals surface area contributed by atoms with Gasteiger partial charge in [-0.25, -0.2) is 28.5 Å². The number of nitro groups is 1. The predicted molar refractivity (Wildman–Crippen MR) is 264 cm³/mol. The molecule has 2 aromatic heterocycles. The first-order valence-corrected chi connectivity index (χ1v) is 26.8. The summed E-state index contributed by atoms with van der Waals surface area (Å²) in [5, 5.41) is 47.0. The second-order valence-electron chi connectivity index (χ2n) is 17.2. The number of carboxylic acid groups (broad SMARTS) is 1. The zero-order chi connectivity index (χ0) is 55.0. The number of phosphoric ester groups is 1. The lowest BCUT2D eigenvalue weighted by atomic mass is 9.89. The maximum atomic E-state index is 13.5. The summed E-state index contributed by atoms with van der Waals surface area (Å²) in [6, 6.07) is 16.4. The van der Waals surface area contributed by atoms with E-state index in [-0.39, 0.29) is 93.0 Å². The third kappa shape index (κ3) is 12.4. The fourth-order valence-corrected chi connectivity index (χ4v) is 11.5. The van der Waals surface area contributed by atoms with Crippen LogP contribution >= 0.6 is 23.5 Å². The number of amides is 1. The molecule has 8 rings (SSSR count). The van der Waals surface area contributed by atoms with Crippen molar-refractivity contribution < 1.29 is 90.1 Å². The summed E-state index contributed by atoms with van der Waals surface area (Å²) >= 11 is 0. The van der Waals surface area contributed by atoms with E-state index in [9.17, 15) is 63.3 Å². The molecule has 6 atom stereocenters. The van der Waals surface area contributed by atoms with E-state index in [2.05, 4.69) is 40.3 Å². The molecule has 0 radical (unpaired) electrons. The second kappa shape index (κ2) is 21.8. The highest BCUT2D eigenvalue weighted by Crippen LogP contribution is 2.66. The highest BCUT2D eigenvalue weighted by atomic mass is 31.3. The molecule has 1 aliphatic carbocycles. The van der Waals surface area contributed by atoms with Gasteiger partial charge in [-0.05, 0) is 66.1 Å². The monoisotopic (exact) mass is 1110 g/mol. The Hall–Kier alpha value is -7.24. The number of phenolic OH excluding ortho intramolecular Hbond substituents is 1. The Morgan fingerprint density at radius 3 is 2.46 bits per heavy atom. The molecule has 0 bridgehead atoms. The zero-order valence-corrected chi connectivity index (χ0v) is 42.0. The van der Waals surface area contributed by atoms with Crippen LogP contribution in [0.3, 0.4) is 0 Å². The molecule has 27 nitrogen and oxygen atoms in total. The molecule has 2 unspecified atom stereocenters. The van der Waals surface area contributed by atoms with Gasteiger partial charge in [-0.2, -0.15) is 8.62 Å². The van der Waals surface area contributed by atoms with Gasteiger partial charge in [-0.1, -0.05) is 25.7 Å². The summed E-state index contributed by atoms with van der Waals surface area (Å²) in [7, 11) is -17.0. The molecule has 1 fully saturated rings. The number of aliphatic hydroxyl groups is 1. The van der Waals surface area contributed by atoms with Crippen LogP contribution in [0.15, 0.2) is 94.5 Å². The number of carbonyl (C=O) groups excluding carboxylic acids is 1. The van der Waals surface area contributed by atoms with Gasteiger partial charge < -0.3 is 64.4 Å². The molecule has 0 saturated carbocycles. The second-order valence-corrected chi connectivity index (χ2v) is 21.6. The SMILES string of the molecule is CC(C)[C@@H](OCc1cn([C@H]2C[C@H](O)[C@@H](COP(=O)(O)OP(=O)(O)OP(=O)(O)O)O2)c2ncnc(N)c12)c1ccc(C#CCNC(=O)c2ccc(C(=O)O)c(-c3c4ccc(=O)cc-4oc4cc(O)ccc34)c2)cc1[N+](=O)[O-]. The molecule has 76 heavy (non-hydrogen) atoms. The van der Waals surface area contributed by atoms with Crippen molar-refractivity contribution >= 4 is 68.9 Å². The fraction of sp³-hybridized carbons (Fsp3) is 0.239. The molecular formula is C46H43N6O21P3. The number of nitrogens with two attached hydrogens (primary N) is 1. The number of phenols is 1. The van der Waals surface area contributed by atoms with E-state index in [0.29, 0.717) is 27.5 Å². The minimum atomic E-state index is -5.81. The van der Waals surface area contributed by atoms with Crippen LogP contribution in [0.4, 0.5) is 11.5 Å². The minimum absolute atomic E-state index is 0.00618. The smallest absolute Gasteiger partial charge is 0.490 e. The number of ether oxygens (including phenoxy) is 2. The van der Waals surface area contributed by atoms with Gasteiger partial charge in [0.1, 0.15) is 47.2 Å². The van der Waals surface area contributed by atoms with Gasteiger partial charge in [0.2, 0.25) is 0 Å². The first kappa shape index (κ1) is 55.0. The van der Waals surface area contributed by atoms with Crippen molar-refractivity contribution in [3.8, 4) is 40.0 Å². The molecule has 2 aliphatic heterocycles. The van der Waals surface area contributed by atoms with Crippen LogP contribution in [0.25, 0.3) is 44.5 Å². The summed E-state index contributed by atoms with van der Waals surface area (Å²) in [4.78, 5) is 95.5. The standard InChI is InChI=1S/C46H43N6O21P3/c1-23(2)42(68-20-26-19-51(44-40(26)43(47)49-22-50-44)39-18-35(55)38(71-39)21-69-75(64,65)73-76(66,67)72-74(61,62)63)30-9-5-24(14-34(30)52(59)60)4-3-13-48-45(56)25-6-10-29(46(57)58)33(15-25)41-31-11-7-27(53)16-36(31)70-37-17-28(54)8-12-32(37)41/h5-12,14-17,19,22-23,35,38-39,42,53,55H,13,18,20-21H2,1-2H3,(H,48,56)(H,57,58)(H,64,65)(H,66,67)(H2,47,49,50)(H2,61,62,63)/t35-,38+,39+,42+/m0/s1. The lowest BCUT2D eigenvalue weighted by molar-refractivity contribution is -0.386. The molecule has 3 aromatic carbocycles. The first-order valence-electron chi connectivity index (χ1n) is 22.2. The maximum Gasteiger partial charge on any atom is 0.490 e. The van der Waals surface area contributed by atoms with E-state index in [4.69, 9.17) is 29.4 Å². The van der Waals surface area contributed by atoms with Gasteiger partial charge in [0.25, 0.3) is 11.6 Å². The number of aliphatic hydroxyl groups excluding tert-OH is 1. The largest absolute Gasteiger partial charge is 0.508 e. The molecule has 398 valence electrons. The van der Waals surface area contributed by atoms with Gasteiger partial charge in [-0.15, -0.1) is 0 Å². The van der Waals surface area contributed by atoms with Crippen LogP contribution in [-0.2, 0) is 42.9 Å². The molecule has 30 heteroatoms. The van der Waals surface area contributed by atoms with Crippen molar-refractivity contribution in [2.45, 2.75) is 51.4 Å². The number of nitro benzene ring substituents is 1. The molecule has 1 amide bonds. The van der Waals surface area contributed by atoms with Crippen LogP contribution in [0.5, 0.6) is 5.75 Å². The minimum Gasteiger partial charge on any atom is -0.508 e. The summed E-state index contributed by atoms with van der Waals surface area (Å²) in [6.45, 7) is 2.15. The Balaban J connectivity index is 0.967. The molecule has 4 heterocycles. The van der Waals surface area contributed by atoms with Crippen LogP contribution < -0.4 is 16.5 Å². The van der Waals surface area contributed by atoms with Gasteiger partial charge in [-0.3, -0.25) is 24.2 Å². The maximum absolute atomic E-state index is 13.5. The van der Waals surface area contributed by atoms with Gasteiger partial charge in [0.05, 0.1) is 53.4 Å². The molecule has 3 aliphatic rings. The van der Waals surface area contributed by atoms with Crippen molar-refractivity contribution in [1.29, 1.82) is 0 Å². The Morgan fingerprint density at radius 1 is 0.987 bits per heavy atom. The number of benzene rings is 4. The van der Waals surface area contributed by atoms with E-state index in [1.54, 1.807) is 13.8 Å². The molecular weight excluding hydrogens is 1070 g/mol. The van der Waals surface area contributed by atoms with E-state index in [1.165, 1.54) is 83.6 Å². The number of carbonyl (C=O) groups is 2. The number of nitrogen functional groups attached to an aromatic ring is 1. The third-order valence-corrected chi connectivity index (χ3v) is 15.4. The van der Waals surface area contributed by atoms with Gasteiger partial charge >= 0.3 is 29.4 Å². The van der Waals surface area contributed by atoms with Gasteiger partial charge in [0.15, 0.2) is 5.43 Å². The number of fused-ring (bicyclic) bond motifs is 3. The number of hydrogen-bond donors (Lipinski definition) is 9. The number of nitrogens with one attached hydrogen (secondary N) is 1. The van der Waals surface area contributed by atoms with Crippen molar-refractivity contribution in [2.75, 3.05) is 18.9 Å². The Morgan fingerprint density at radius 2 is 1.75 bits per heavy atom.